The average molecular weight is 306 g/mol. The molecule has 0 aromatic heterocycles. The lowest BCUT2D eigenvalue weighted by molar-refractivity contribution is 0.129. The first kappa shape index (κ1) is 17.6. The molecule has 0 spiro atoms. The standard InChI is InChI=1S/C17H22O3S/c1-16(2,18)12-6-7-15(17(3,4)19)21-14-10-8-13(20-5)9-11-14/h7-11,18-19H,1-5H3/b15-7-. The quantitative estimate of drug-likeness (QED) is 0.662. The summed E-state index contributed by atoms with van der Waals surface area (Å²) in [6.45, 7) is 6.66. The third kappa shape index (κ3) is 6.72. The molecule has 0 radical (unpaired) electrons. The van der Waals surface area contributed by atoms with Gasteiger partial charge in [-0.05, 0) is 52.0 Å². The van der Waals surface area contributed by atoms with Crippen LogP contribution in [0.1, 0.15) is 27.7 Å². The van der Waals surface area contributed by atoms with Crippen LogP contribution in [0.15, 0.2) is 40.1 Å². The minimum absolute atomic E-state index is 0.712. The minimum atomic E-state index is -1.05. The van der Waals surface area contributed by atoms with Gasteiger partial charge in [-0.3, -0.25) is 0 Å². The van der Waals surface area contributed by atoms with Crippen molar-refractivity contribution >= 4 is 11.8 Å². The number of ether oxygens (including phenoxy) is 1. The van der Waals surface area contributed by atoms with E-state index >= 15 is 0 Å². The third-order valence-corrected chi connectivity index (χ3v) is 3.82. The van der Waals surface area contributed by atoms with E-state index in [1.54, 1.807) is 40.9 Å². The molecule has 1 aromatic carbocycles. The highest BCUT2D eigenvalue weighted by Crippen LogP contribution is 2.34. The lowest BCUT2D eigenvalue weighted by Gasteiger charge is -2.20. The first-order valence-corrected chi connectivity index (χ1v) is 7.43. The van der Waals surface area contributed by atoms with Crippen LogP contribution in [-0.2, 0) is 0 Å². The fourth-order valence-electron chi connectivity index (χ4n) is 1.38. The Morgan fingerprint density at radius 3 is 2.14 bits per heavy atom. The summed E-state index contributed by atoms with van der Waals surface area (Å²) < 4.78 is 5.12. The molecule has 0 bridgehead atoms. The third-order valence-electron chi connectivity index (χ3n) is 2.47. The molecular formula is C17H22O3S. The number of hydrogen-bond donors (Lipinski definition) is 2. The molecular weight excluding hydrogens is 284 g/mol. The molecule has 3 nitrogen and oxygen atoms in total. The predicted octanol–water partition coefficient (Wildman–Crippen LogP) is 3.22. The summed E-state index contributed by atoms with van der Waals surface area (Å²) in [6.07, 6.45) is 1.65. The van der Waals surface area contributed by atoms with E-state index in [1.807, 2.05) is 24.3 Å². The van der Waals surface area contributed by atoms with Gasteiger partial charge in [0.2, 0.25) is 0 Å². The maximum absolute atomic E-state index is 10.2. The fourth-order valence-corrected chi connectivity index (χ4v) is 2.27. The highest BCUT2D eigenvalue weighted by atomic mass is 32.2. The highest BCUT2D eigenvalue weighted by molar-refractivity contribution is 8.03. The van der Waals surface area contributed by atoms with Gasteiger partial charge in [-0.25, -0.2) is 0 Å². The van der Waals surface area contributed by atoms with Crippen molar-refractivity contribution in [1.29, 1.82) is 0 Å². The minimum Gasteiger partial charge on any atom is -0.497 e. The molecule has 21 heavy (non-hydrogen) atoms. The number of hydrogen-bond acceptors (Lipinski definition) is 4. The molecule has 2 N–H and O–H groups in total. The van der Waals surface area contributed by atoms with Crippen LogP contribution >= 0.6 is 11.8 Å². The maximum Gasteiger partial charge on any atom is 0.120 e. The molecule has 0 unspecified atom stereocenters. The molecule has 0 saturated carbocycles. The van der Waals surface area contributed by atoms with Crippen LogP contribution in [0, 0.1) is 11.8 Å². The van der Waals surface area contributed by atoms with Gasteiger partial charge in [0.25, 0.3) is 0 Å². The summed E-state index contributed by atoms with van der Waals surface area (Å²) in [4.78, 5) is 1.69. The van der Waals surface area contributed by atoms with E-state index in [0.29, 0.717) is 4.91 Å². The van der Waals surface area contributed by atoms with Gasteiger partial charge >= 0.3 is 0 Å². The van der Waals surface area contributed by atoms with E-state index in [0.717, 1.165) is 10.6 Å². The van der Waals surface area contributed by atoms with Crippen LogP contribution < -0.4 is 4.74 Å². The Balaban J connectivity index is 2.98. The molecule has 0 heterocycles. The van der Waals surface area contributed by atoms with Gasteiger partial charge in [0.15, 0.2) is 0 Å². The number of allylic oxidation sites excluding steroid dienone is 1. The van der Waals surface area contributed by atoms with Crippen molar-refractivity contribution in [3.05, 3.63) is 35.2 Å². The molecule has 0 atom stereocenters. The Labute approximate surface area is 131 Å². The number of methoxy groups -OCH3 is 1. The Kier molecular flexibility index (Phi) is 5.91. The van der Waals surface area contributed by atoms with Gasteiger partial charge in [0.05, 0.1) is 12.7 Å². The van der Waals surface area contributed by atoms with Gasteiger partial charge in [-0.1, -0.05) is 23.6 Å². The van der Waals surface area contributed by atoms with Crippen molar-refractivity contribution in [3.8, 4) is 17.6 Å². The summed E-state index contributed by atoms with van der Waals surface area (Å²) in [5, 5.41) is 19.8. The second-order valence-electron chi connectivity index (χ2n) is 5.67. The van der Waals surface area contributed by atoms with Gasteiger partial charge in [0, 0.05) is 15.9 Å². The van der Waals surface area contributed by atoms with Crippen molar-refractivity contribution in [2.24, 2.45) is 0 Å². The molecule has 0 aliphatic rings. The molecule has 0 fully saturated rings. The van der Waals surface area contributed by atoms with E-state index in [1.165, 1.54) is 11.8 Å². The Morgan fingerprint density at radius 1 is 1.14 bits per heavy atom. The van der Waals surface area contributed by atoms with E-state index in [9.17, 15) is 10.2 Å². The molecule has 1 rings (SSSR count). The summed E-state index contributed by atoms with van der Waals surface area (Å²) in [6, 6.07) is 7.58. The number of aliphatic hydroxyl groups is 2. The second-order valence-corrected chi connectivity index (χ2v) is 6.79. The number of rotatable bonds is 4. The molecule has 0 aliphatic heterocycles. The van der Waals surface area contributed by atoms with Gasteiger partial charge in [-0.15, -0.1) is 0 Å². The highest BCUT2D eigenvalue weighted by Gasteiger charge is 2.20. The zero-order chi connectivity index (χ0) is 16.1. The SMILES string of the molecule is COc1ccc(S/C(=C\C#CC(C)(C)O)C(C)(C)O)cc1. The molecule has 1 aromatic rings. The number of benzene rings is 1. The first-order chi connectivity index (χ1) is 9.62. The zero-order valence-corrected chi connectivity index (χ0v) is 13.9. The zero-order valence-electron chi connectivity index (χ0n) is 13.1. The first-order valence-electron chi connectivity index (χ1n) is 6.62. The van der Waals surface area contributed by atoms with E-state index < -0.39 is 11.2 Å². The fraction of sp³-hybridized carbons (Fsp3) is 0.412. The summed E-state index contributed by atoms with van der Waals surface area (Å²) in [7, 11) is 1.62. The summed E-state index contributed by atoms with van der Waals surface area (Å²) in [5.41, 5.74) is -2.05. The van der Waals surface area contributed by atoms with Crippen LogP contribution in [0.3, 0.4) is 0 Å². The van der Waals surface area contributed by atoms with Crippen LogP contribution in [-0.4, -0.2) is 28.5 Å². The lowest BCUT2D eigenvalue weighted by Crippen LogP contribution is -2.20. The Morgan fingerprint density at radius 2 is 1.71 bits per heavy atom. The lowest BCUT2D eigenvalue weighted by atomic mass is 10.1. The van der Waals surface area contributed by atoms with Gasteiger partial charge in [-0.2, -0.15) is 0 Å². The average Bonchev–Trinajstić information content (AvgIpc) is 2.36. The van der Waals surface area contributed by atoms with Crippen molar-refractivity contribution in [2.75, 3.05) is 7.11 Å². The summed E-state index contributed by atoms with van der Waals surface area (Å²) >= 11 is 1.44. The van der Waals surface area contributed by atoms with E-state index in [2.05, 4.69) is 11.8 Å². The van der Waals surface area contributed by atoms with Gasteiger partial charge in [0.1, 0.15) is 11.4 Å². The molecule has 0 saturated heterocycles. The van der Waals surface area contributed by atoms with Crippen molar-refractivity contribution < 1.29 is 14.9 Å². The summed E-state index contributed by atoms with van der Waals surface area (Å²) in [5.74, 6) is 6.31. The van der Waals surface area contributed by atoms with Crippen molar-refractivity contribution in [1.82, 2.24) is 0 Å². The van der Waals surface area contributed by atoms with Crippen molar-refractivity contribution in [3.63, 3.8) is 0 Å². The van der Waals surface area contributed by atoms with E-state index in [4.69, 9.17) is 4.74 Å². The van der Waals surface area contributed by atoms with Crippen LogP contribution in [0.5, 0.6) is 5.75 Å². The van der Waals surface area contributed by atoms with E-state index in [-0.39, 0.29) is 0 Å². The predicted molar refractivity (Wildman–Crippen MR) is 87.3 cm³/mol. The topological polar surface area (TPSA) is 49.7 Å². The molecule has 4 heteroatoms. The Hall–Kier alpha value is -1.41. The normalized spacial score (nSPS) is 12.6. The smallest absolute Gasteiger partial charge is 0.120 e. The van der Waals surface area contributed by atoms with Crippen LogP contribution in [0.2, 0.25) is 0 Å². The van der Waals surface area contributed by atoms with Crippen LogP contribution in [0.25, 0.3) is 0 Å². The maximum atomic E-state index is 10.2. The molecule has 0 amide bonds. The largest absolute Gasteiger partial charge is 0.497 e. The Bertz CT molecular complexity index is 549. The molecule has 114 valence electrons. The number of thioether (sulfide) groups is 1. The molecule has 0 aliphatic carbocycles. The van der Waals surface area contributed by atoms with Crippen LogP contribution in [0.4, 0.5) is 0 Å². The van der Waals surface area contributed by atoms with Gasteiger partial charge < -0.3 is 14.9 Å². The second kappa shape index (κ2) is 7.04. The monoisotopic (exact) mass is 306 g/mol. The van der Waals surface area contributed by atoms with Crippen molar-refractivity contribution in [2.45, 2.75) is 43.8 Å².